The first-order valence-electron chi connectivity index (χ1n) is 4.47. The third kappa shape index (κ3) is 1.29. The Bertz CT molecular complexity index is 386. The first-order chi connectivity index (χ1) is 6.70. The number of anilines is 1. The Balaban J connectivity index is 2.35. The highest BCUT2D eigenvalue weighted by Crippen LogP contribution is 2.18. The fourth-order valence-electron chi connectivity index (χ4n) is 1.36. The normalized spacial score (nSPS) is 21.3. The first kappa shape index (κ1) is 8.90. The Morgan fingerprint density at radius 3 is 2.50 bits per heavy atom. The Labute approximate surface area is 82.0 Å². The van der Waals surface area contributed by atoms with Crippen LogP contribution < -0.4 is 10.7 Å². The average Bonchev–Trinajstić information content (AvgIpc) is 2.47. The van der Waals surface area contributed by atoms with Crippen LogP contribution in [0.2, 0.25) is 0 Å². The molecule has 1 heterocycles. The summed E-state index contributed by atoms with van der Waals surface area (Å²) in [6.07, 6.45) is 0. The molecule has 1 aromatic rings. The van der Waals surface area contributed by atoms with E-state index in [1.165, 1.54) is 5.01 Å². The topological polar surface area (TPSA) is 60.3 Å². The van der Waals surface area contributed by atoms with Crippen molar-refractivity contribution in [3.05, 3.63) is 30.3 Å². The van der Waals surface area contributed by atoms with E-state index in [-0.39, 0.29) is 11.9 Å². The van der Waals surface area contributed by atoms with Gasteiger partial charge in [-0.15, -0.1) is 0 Å². The summed E-state index contributed by atoms with van der Waals surface area (Å²) in [7, 11) is 0. The minimum absolute atomic E-state index is 0.0614. The highest BCUT2D eigenvalue weighted by molar-refractivity contribution is 6.16. The Kier molecular flexibility index (Phi) is 2.05. The molecular formula is C10H12N3O+. The second-order valence-electron chi connectivity index (χ2n) is 3.28. The van der Waals surface area contributed by atoms with Crippen LogP contribution in [-0.4, -0.2) is 17.7 Å². The zero-order chi connectivity index (χ0) is 10.1. The van der Waals surface area contributed by atoms with Crippen molar-refractivity contribution >= 4 is 17.3 Å². The predicted octanol–water partition coefficient (Wildman–Crippen LogP) is 0.0196. The molecule has 1 aliphatic rings. The van der Waals surface area contributed by atoms with Gasteiger partial charge in [0.05, 0.1) is 5.69 Å². The molecule has 0 bridgehead atoms. The van der Waals surface area contributed by atoms with Gasteiger partial charge in [0.15, 0.2) is 0 Å². The van der Waals surface area contributed by atoms with Crippen LogP contribution in [0.5, 0.6) is 0 Å². The third-order valence-electron chi connectivity index (χ3n) is 2.27. The summed E-state index contributed by atoms with van der Waals surface area (Å²) in [5.74, 6) is -0.0614. The molecule has 3 N–H and O–H groups in total. The molecule has 0 fully saturated rings. The summed E-state index contributed by atoms with van der Waals surface area (Å²) in [5, 5.41) is 5.57. The number of benzene rings is 1. The molecule has 4 nitrogen and oxygen atoms in total. The van der Waals surface area contributed by atoms with Gasteiger partial charge in [0.2, 0.25) is 6.04 Å². The van der Waals surface area contributed by atoms with Crippen molar-refractivity contribution in [3.8, 4) is 0 Å². The predicted molar refractivity (Wildman–Crippen MR) is 53.7 cm³/mol. The standard InChI is InChI=1S/C10H11N3O/c1-7-9(11)10(14)13(12-7)8-5-3-2-4-6-8/h2-6,9H,11H2,1H3/p+1/t9-/m1/s1. The molecule has 1 aliphatic heterocycles. The molecule has 1 amide bonds. The molecule has 0 radical (unpaired) electrons. The second-order valence-corrected chi connectivity index (χ2v) is 3.28. The number of hydrazone groups is 1. The van der Waals surface area contributed by atoms with Crippen molar-refractivity contribution in [3.63, 3.8) is 0 Å². The molecule has 0 saturated heterocycles. The molecule has 1 aromatic carbocycles. The molecule has 0 aliphatic carbocycles. The minimum Gasteiger partial charge on any atom is -0.342 e. The lowest BCUT2D eigenvalue weighted by atomic mass is 10.2. The molecule has 72 valence electrons. The summed E-state index contributed by atoms with van der Waals surface area (Å²) < 4.78 is 0. The zero-order valence-electron chi connectivity index (χ0n) is 7.97. The van der Waals surface area contributed by atoms with E-state index in [1.54, 1.807) is 0 Å². The number of nitrogens with zero attached hydrogens (tertiary/aromatic N) is 2. The van der Waals surface area contributed by atoms with E-state index in [4.69, 9.17) is 0 Å². The van der Waals surface area contributed by atoms with Gasteiger partial charge in [0.25, 0.3) is 0 Å². The first-order valence-corrected chi connectivity index (χ1v) is 4.47. The number of para-hydroxylation sites is 1. The molecule has 2 rings (SSSR count). The smallest absolute Gasteiger partial charge is 0.311 e. The summed E-state index contributed by atoms with van der Waals surface area (Å²) in [4.78, 5) is 11.7. The quantitative estimate of drug-likeness (QED) is 0.666. The molecule has 14 heavy (non-hydrogen) atoms. The van der Waals surface area contributed by atoms with Gasteiger partial charge < -0.3 is 5.73 Å². The van der Waals surface area contributed by atoms with Gasteiger partial charge in [0.1, 0.15) is 5.71 Å². The largest absolute Gasteiger partial charge is 0.342 e. The molecular weight excluding hydrogens is 178 g/mol. The summed E-state index contributed by atoms with van der Waals surface area (Å²) >= 11 is 0. The van der Waals surface area contributed by atoms with Crippen LogP contribution in [0.15, 0.2) is 35.4 Å². The Morgan fingerprint density at radius 2 is 2.00 bits per heavy atom. The van der Waals surface area contributed by atoms with Crippen molar-refractivity contribution in [2.45, 2.75) is 13.0 Å². The van der Waals surface area contributed by atoms with Crippen LogP contribution in [0.4, 0.5) is 5.69 Å². The highest BCUT2D eigenvalue weighted by atomic mass is 16.2. The van der Waals surface area contributed by atoms with E-state index in [0.717, 1.165) is 11.4 Å². The molecule has 1 atom stereocenters. The number of carbonyl (C=O) groups is 1. The zero-order valence-corrected chi connectivity index (χ0v) is 7.97. The number of rotatable bonds is 1. The summed E-state index contributed by atoms with van der Waals surface area (Å²) in [5.41, 5.74) is 5.31. The number of amides is 1. The van der Waals surface area contributed by atoms with Crippen LogP contribution in [0.3, 0.4) is 0 Å². The maximum Gasteiger partial charge on any atom is 0.311 e. The lowest BCUT2D eigenvalue weighted by Gasteiger charge is -2.10. The van der Waals surface area contributed by atoms with Crippen molar-refractivity contribution in [2.75, 3.05) is 5.01 Å². The van der Waals surface area contributed by atoms with E-state index in [0.29, 0.717) is 0 Å². The fraction of sp³-hybridized carbons (Fsp3) is 0.200. The lowest BCUT2D eigenvalue weighted by molar-refractivity contribution is -0.379. The van der Waals surface area contributed by atoms with Gasteiger partial charge in [-0.05, 0) is 19.1 Å². The van der Waals surface area contributed by atoms with Crippen molar-refractivity contribution in [2.24, 2.45) is 5.10 Å². The third-order valence-corrected chi connectivity index (χ3v) is 2.27. The van der Waals surface area contributed by atoms with E-state index in [9.17, 15) is 4.79 Å². The van der Waals surface area contributed by atoms with Gasteiger partial charge in [0, 0.05) is 0 Å². The molecule has 0 unspecified atom stereocenters. The molecule has 0 aromatic heterocycles. The van der Waals surface area contributed by atoms with Crippen molar-refractivity contribution in [1.29, 1.82) is 0 Å². The van der Waals surface area contributed by atoms with Crippen LogP contribution in [-0.2, 0) is 4.79 Å². The molecule has 0 saturated carbocycles. The van der Waals surface area contributed by atoms with E-state index >= 15 is 0 Å². The fourth-order valence-corrected chi connectivity index (χ4v) is 1.36. The summed E-state index contributed by atoms with van der Waals surface area (Å²) in [6.45, 7) is 1.82. The van der Waals surface area contributed by atoms with Crippen LogP contribution in [0.25, 0.3) is 0 Å². The Morgan fingerprint density at radius 1 is 1.36 bits per heavy atom. The summed E-state index contributed by atoms with van der Waals surface area (Å²) in [6, 6.07) is 9.03. The van der Waals surface area contributed by atoms with Crippen LogP contribution in [0.1, 0.15) is 6.92 Å². The van der Waals surface area contributed by atoms with Gasteiger partial charge >= 0.3 is 5.91 Å². The van der Waals surface area contributed by atoms with E-state index in [2.05, 4.69) is 10.8 Å². The molecule has 4 heteroatoms. The monoisotopic (exact) mass is 190 g/mol. The second kappa shape index (κ2) is 3.23. The van der Waals surface area contributed by atoms with Gasteiger partial charge in [-0.3, -0.25) is 4.79 Å². The number of hydrogen-bond acceptors (Lipinski definition) is 2. The molecule has 0 spiro atoms. The minimum atomic E-state index is -0.338. The van der Waals surface area contributed by atoms with Crippen LogP contribution in [0, 0.1) is 0 Å². The van der Waals surface area contributed by atoms with Gasteiger partial charge in [-0.1, -0.05) is 18.2 Å². The highest BCUT2D eigenvalue weighted by Gasteiger charge is 2.34. The average molecular weight is 190 g/mol. The number of hydrogen-bond donors (Lipinski definition) is 1. The van der Waals surface area contributed by atoms with Gasteiger partial charge in [-0.25, -0.2) is 0 Å². The van der Waals surface area contributed by atoms with Crippen molar-refractivity contribution < 1.29 is 10.5 Å². The number of quaternary nitrogens is 1. The van der Waals surface area contributed by atoms with E-state index in [1.807, 2.05) is 37.3 Å². The maximum absolute atomic E-state index is 11.7. The van der Waals surface area contributed by atoms with Gasteiger partial charge in [-0.2, -0.15) is 10.1 Å². The van der Waals surface area contributed by atoms with E-state index < -0.39 is 0 Å². The van der Waals surface area contributed by atoms with Crippen LogP contribution >= 0.6 is 0 Å². The number of carbonyl (C=O) groups excluding carboxylic acids is 1. The SMILES string of the molecule is CC1=NN(c2ccccc2)C(=O)[C@@H]1[NH3+]. The lowest BCUT2D eigenvalue weighted by Crippen LogP contribution is -2.67. The maximum atomic E-state index is 11.7. The Hall–Kier alpha value is -1.68. The van der Waals surface area contributed by atoms with Crippen molar-refractivity contribution in [1.82, 2.24) is 0 Å².